The van der Waals surface area contributed by atoms with Crippen LogP contribution in [0.15, 0.2) is 30.5 Å². The van der Waals surface area contributed by atoms with Gasteiger partial charge in [0.05, 0.1) is 12.6 Å². The van der Waals surface area contributed by atoms with Gasteiger partial charge < -0.3 is 9.64 Å². The molecule has 0 N–H and O–H groups in total. The molecule has 6 heteroatoms. The molecule has 0 spiro atoms. The van der Waals surface area contributed by atoms with Crippen molar-refractivity contribution in [3.63, 3.8) is 0 Å². The average Bonchev–Trinajstić information content (AvgIpc) is 2.54. The molecule has 1 aromatic carbocycles. The van der Waals surface area contributed by atoms with Crippen molar-refractivity contribution < 1.29 is 13.9 Å². The first kappa shape index (κ1) is 16.7. The van der Waals surface area contributed by atoms with E-state index in [1.54, 1.807) is 25.3 Å². The van der Waals surface area contributed by atoms with Crippen LogP contribution < -0.4 is 4.90 Å². The second kappa shape index (κ2) is 6.77. The first-order valence-corrected chi connectivity index (χ1v) is 8.26. The number of anilines is 1. The third kappa shape index (κ3) is 3.22. The Morgan fingerprint density at radius 1 is 1.42 bits per heavy atom. The van der Waals surface area contributed by atoms with E-state index in [0.29, 0.717) is 23.9 Å². The highest BCUT2D eigenvalue weighted by Gasteiger charge is 2.26. The van der Waals surface area contributed by atoms with Crippen molar-refractivity contribution in [3.05, 3.63) is 58.1 Å². The third-order valence-electron chi connectivity index (χ3n) is 4.23. The SMILES string of the molecule is CCOC(=O)c1cc2c(cn1)C(C)N(c1cc(F)cc(Cl)c1)CC2. The maximum Gasteiger partial charge on any atom is 0.356 e. The smallest absolute Gasteiger partial charge is 0.356 e. The van der Waals surface area contributed by atoms with E-state index >= 15 is 0 Å². The van der Waals surface area contributed by atoms with Crippen LogP contribution in [0.5, 0.6) is 0 Å². The van der Waals surface area contributed by atoms with Crippen molar-refractivity contribution >= 4 is 23.3 Å². The Morgan fingerprint density at radius 2 is 2.21 bits per heavy atom. The lowest BCUT2D eigenvalue weighted by Gasteiger charge is -2.37. The Balaban J connectivity index is 1.90. The van der Waals surface area contributed by atoms with Gasteiger partial charge in [-0.1, -0.05) is 11.6 Å². The minimum absolute atomic E-state index is 0.00959. The van der Waals surface area contributed by atoms with Gasteiger partial charge in [-0.15, -0.1) is 0 Å². The van der Waals surface area contributed by atoms with Gasteiger partial charge in [0.2, 0.25) is 0 Å². The van der Waals surface area contributed by atoms with E-state index in [0.717, 1.165) is 23.2 Å². The Hall–Kier alpha value is -2.14. The molecule has 1 atom stereocenters. The van der Waals surface area contributed by atoms with Gasteiger partial charge in [0, 0.05) is 23.5 Å². The summed E-state index contributed by atoms with van der Waals surface area (Å²) in [6, 6.07) is 6.33. The van der Waals surface area contributed by atoms with E-state index < -0.39 is 5.97 Å². The number of nitrogens with zero attached hydrogens (tertiary/aromatic N) is 2. The van der Waals surface area contributed by atoms with Crippen molar-refractivity contribution in [2.24, 2.45) is 0 Å². The predicted molar refractivity (Wildman–Crippen MR) is 91.1 cm³/mol. The van der Waals surface area contributed by atoms with Gasteiger partial charge in [-0.25, -0.2) is 14.2 Å². The van der Waals surface area contributed by atoms with Crippen LogP contribution in [0.1, 0.15) is 41.5 Å². The van der Waals surface area contributed by atoms with E-state index in [1.165, 1.54) is 12.1 Å². The first-order valence-electron chi connectivity index (χ1n) is 7.88. The summed E-state index contributed by atoms with van der Waals surface area (Å²) in [5, 5.41) is 0.374. The zero-order valence-electron chi connectivity index (χ0n) is 13.6. The molecule has 2 aromatic rings. The van der Waals surface area contributed by atoms with Crippen LogP contribution in [-0.2, 0) is 11.2 Å². The lowest BCUT2D eigenvalue weighted by Crippen LogP contribution is -2.34. The van der Waals surface area contributed by atoms with E-state index in [2.05, 4.69) is 9.88 Å². The molecule has 0 saturated carbocycles. The first-order chi connectivity index (χ1) is 11.5. The molecule has 0 saturated heterocycles. The van der Waals surface area contributed by atoms with E-state index in [4.69, 9.17) is 16.3 Å². The van der Waals surface area contributed by atoms with Crippen LogP contribution in [-0.4, -0.2) is 24.1 Å². The van der Waals surface area contributed by atoms with Gasteiger partial charge in [-0.3, -0.25) is 0 Å². The number of hydrogen-bond acceptors (Lipinski definition) is 4. The van der Waals surface area contributed by atoms with Crippen molar-refractivity contribution in [1.29, 1.82) is 0 Å². The molecule has 126 valence electrons. The number of benzene rings is 1. The number of hydrogen-bond donors (Lipinski definition) is 0. The zero-order valence-corrected chi connectivity index (χ0v) is 14.3. The van der Waals surface area contributed by atoms with E-state index in [1.807, 2.05) is 6.92 Å². The third-order valence-corrected chi connectivity index (χ3v) is 4.45. The highest BCUT2D eigenvalue weighted by molar-refractivity contribution is 6.30. The summed E-state index contributed by atoms with van der Waals surface area (Å²) in [5.74, 6) is -0.765. The van der Waals surface area contributed by atoms with Crippen LogP contribution in [0.4, 0.5) is 10.1 Å². The van der Waals surface area contributed by atoms with Crippen LogP contribution in [0.25, 0.3) is 0 Å². The highest BCUT2D eigenvalue weighted by atomic mass is 35.5. The molecule has 1 aliphatic rings. The topological polar surface area (TPSA) is 42.4 Å². The fraction of sp³-hybridized carbons (Fsp3) is 0.333. The molecule has 0 bridgehead atoms. The minimum Gasteiger partial charge on any atom is -0.461 e. The van der Waals surface area contributed by atoms with Crippen molar-refractivity contribution in [1.82, 2.24) is 4.98 Å². The molecule has 24 heavy (non-hydrogen) atoms. The number of esters is 1. The van der Waals surface area contributed by atoms with Gasteiger partial charge in [0.25, 0.3) is 0 Å². The summed E-state index contributed by atoms with van der Waals surface area (Å²) in [6.45, 7) is 4.82. The van der Waals surface area contributed by atoms with Crippen molar-refractivity contribution in [2.75, 3.05) is 18.1 Å². The highest BCUT2D eigenvalue weighted by Crippen LogP contribution is 2.34. The van der Waals surface area contributed by atoms with E-state index in [-0.39, 0.29) is 11.9 Å². The zero-order chi connectivity index (χ0) is 17.3. The molecule has 0 aliphatic carbocycles. The number of rotatable bonds is 3. The summed E-state index contributed by atoms with van der Waals surface area (Å²) in [6.07, 6.45) is 2.45. The molecule has 4 nitrogen and oxygen atoms in total. The maximum atomic E-state index is 13.6. The second-order valence-corrected chi connectivity index (χ2v) is 6.17. The Bertz CT molecular complexity index is 761. The molecule has 1 aliphatic heterocycles. The van der Waals surface area contributed by atoms with Gasteiger partial charge in [0.1, 0.15) is 11.5 Å². The summed E-state index contributed by atoms with van der Waals surface area (Å²) < 4.78 is 18.6. The van der Waals surface area contributed by atoms with Gasteiger partial charge in [0.15, 0.2) is 0 Å². The largest absolute Gasteiger partial charge is 0.461 e. The van der Waals surface area contributed by atoms with Crippen LogP contribution in [0, 0.1) is 5.82 Å². The maximum absolute atomic E-state index is 13.6. The Kier molecular flexibility index (Phi) is 4.71. The van der Waals surface area contributed by atoms with Crippen molar-refractivity contribution in [2.45, 2.75) is 26.3 Å². The Labute approximate surface area is 145 Å². The van der Waals surface area contributed by atoms with Crippen LogP contribution in [0.3, 0.4) is 0 Å². The molecule has 0 fully saturated rings. The van der Waals surface area contributed by atoms with E-state index in [9.17, 15) is 9.18 Å². The standard InChI is InChI=1S/C18H18ClFN2O2/c1-3-24-18(23)17-6-12-4-5-22(11(2)16(12)10-21-17)15-8-13(19)7-14(20)9-15/h6-11H,3-5H2,1-2H3. The summed E-state index contributed by atoms with van der Waals surface area (Å²) in [7, 11) is 0. The van der Waals surface area contributed by atoms with Gasteiger partial charge in [-0.05, 0) is 55.7 Å². The van der Waals surface area contributed by atoms with Crippen LogP contribution in [0.2, 0.25) is 5.02 Å². The molecule has 1 unspecified atom stereocenters. The molecule has 0 radical (unpaired) electrons. The monoisotopic (exact) mass is 348 g/mol. The quantitative estimate of drug-likeness (QED) is 0.780. The normalized spacial score (nSPS) is 16.7. The van der Waals surface area contributed by atoms with Gasteiger partial charge in [-0.2, -0.15) is 0 Å². The number of fused-ring (bicyclic) bond motifs is 1. The molecule has 3 rings (SSSR count). The summed E-state index contributed by atoms with van der Waals surface area (Å²) >= 11 is 5.97. The summed E-state index contributed by atoms with van der Waals surface area (Å²) in [4.78, 5) is 18.1. The lowest BCUT2D eigenvalue weighted by molar-refractivity contribution is 0.0519. The molecular formula is C18H18ClFN2O2. The number of halogens is 2. The van der Waals surface area contributed by atoms with Crippen molar-refractivity contribution in [3.8, 4) is 0 Å². The number of aromatic nitrogens is 1. The predicted octanol–water partition coefficient (Wildman–Crippen LogP) is 4.17. The molecule has 0 amide bonds. The molecule has 2 heterocycles. The summed E-state index contributed by atoms with van der Waals surface area (Å²) in [5.41, 5.74) is 3.16. The van der Waals surface area contributed by atoms with Crippen LogP contribution >= 0.6 is 11.6 Å². The second-order valence-electron chi connectivity index (χ2n) is 5.74. The number of pyridine rings is 1. The average molecular weight is 349 g/mol. The molecule has 1 aromatic heterocycles. The fourth-order valence-electron chi connectivity index (χ4n) is 3.08. The lowest BCUT2D eigenvalue weighted by atomic mass is 9.94. The Morgan fingerprint density at radius 3 is 2.92 bits per heavy atom. The number of carbonyl (C=O) groups excluding carboxylic acids is 1. The number of ether oxygens (including phenoxy) is 1. The minimum atomic E-state index is -0.410. The molecular weight excluding hydrogens is 331 g/mol. The number of carbonyl (C=O) groups is 1. The van der Waals surface area contributed by atoms with Gasteiger partial charge >= 0.3 is 5.97 Å². The fourth-order valence-corrected chi connectivity index (χ4v) is 3.29.